The van der Waals surface area contributed by atoms with E-state index in [0.717, 1.165) is 34.4 Å². The second-order valence-corrected chi connectivity index (χ2v) is 4.58. The highest BCUT2D eigenvalue weighted by atomic mass is 79.9. The van der Waals surface area contributed by atoms with Crippen molar-refractivity contribution in [1.29, 1.82) is 0 Å². The average Bonchev–Trinajstić information content (AvgIpc) is 2.24. The van der Waals surface area contributed by atoms with Gasteiger partial charge in [0.05, 0.1) is 24.8 Å². The van der Waals surface area contributed by atoms with Crippen molar-refractivity contribution in [3.05, 3.63) is 40.4 Å². The minimum Gasteiger partial charge on any atom is -0.496 e. The van der Waals surface area contributed by atoms with Crippen LogP contribution in [0.4, 0.5) is 0 Å². The van der Waals surface area contributed by atoms with Crippen LogP contribution in [-0.2, 0) is 11.3 Å². The Labute approximate surface area is 105 Å². The molecule has 0 saturated carbocycles. The van der Waals surface area contributed by atoms with E-state index in [0.29, 0.717) is 6.61 Å². The zero-order valence-corrected chi connectivity index (χ0v) is 11.3. The van der Waals surface area contributed by atoms with E-state index in [-0.39, 0.29) is 0 Å². The van der Waals surface area contributed by atoms with Crippen molar-refractivity contribution in [1.82, 2.24) is 0 Å². The number of hydrogen-bond donors (Lipinski definition) is 0. The van der Waals surface area contributed by atoms with Crippen molar-refractivity contribution in [3.63, 3.8) is 0 Å². The van der Waals surface area contributed by atoms with Crippen LogP contribution < -0.4 is 4.74 Å². The predicted octanol–water partition coefficient (Wildman–Crippen LogP) is 3.94. The zero-order valence-electron chi connectivity index (χ0n) is 9.75. The van der Waals surface area contributed by atoms with Gasteiger partial charge in [0.1, 0.15) is 5.75 Å². The minimum atomic E-state index is 0.621. The van der Waals surface area contributed by atoms with Crippen LogP contribution in [0.1, 0.15) is 18.9 Å². The Balaban J connectivity index is 2.43. The summed E-state index contributed by atoms with van der Waals surface area (Å²) < 4.78 is 11.6. The molecule has 2 nitrogen and oxygen atoms in total. The SMILES string of the molecule is C=C(C)CCOCc1ccc(OC)c(Br)c1. The molecule has 0 spiro atoms. The normalized spacial score (nSPS) is 10.2. The molecule has 0 aliphatic heterocycles. The fourth-order valence-corrected chi connectivity index (χ4v) is 1.82. The second kappa shape index (κ2) is 6.71. The Morgan fingerprint density at radius 1 is 1.44 bits per heavy atom. The van der Waals surface area contributed by atoms with Gasteiger partial charge in [-0.1, -0.05) is 11.6 Å². The van der Waals surface area contributed by atoms with Crippen LogP contribution in [0.15, 0.2) is 34.8 Å². The lowest BCUT2D eigenvalue weighted by atomic mass is 10.2. The molecule has 1 aromatic rings. The fraction of sp³-hybridized carbons (Fsp3) is 0.385. The minimum absolute atomic E-state index is 0.621. The van der Waals surface area contributed by atoms with Gasteiger partial charge in [0.25, 0.3) is 0 Å². The summed E-state index contributed by atoms with van der Waals surface area (Å²) in [5.74, 6) is 0.839. The Hall–Kier alpha value is -0.800. The van der Waals surface area contributed by atoms with Gasteiger partial charge >= 0.3 is 0 Å². The highest BCUT2D eigenvalue weighted by molar-refractivity contribution is 9.10. The maximum Gasteiger partial charge on any atom is 0.133 e. The Morgan fingerprint density at radius 2 is 2.19 bits per heavy atom. The molecule has 0 unspecified atom stereocenters. The molecule has 0 saturated heterocycles. The molecule has 0 aromatic heterocycles. The van der Waals surface area contributed by atoms with Crippen LogP contribution in [-0.4, -0.2) is 13.7 Å². The summed E-state index contributed by atoms with van der Waals surface area (Å²) in [5, 5.41) is 0. The van der Waals surface area contributed by atoms with Gasteiger partial charge in [0.2, 0.25) is 0 Å². The molecule has 0 fully saturated rings. The molecule has 1 rings (SSSR count). The van der Waals surface area contributed by atoms with E-state index in [1.807, 2.05) is 25.1 Å². The molecule has 88 valence electrons. The van der Waals surface area contributed by atoms with E-state index < -0.39 is 0 Å². The standard InChI is InChI=1S/C13H17BrO2/c1-10(2)6-7-16-9-11-4-5-13(15-3)12(14)8-11/h4-5,8H,1,6-7,9H2,2-3H3. The van der Waals surface area contributed by atoms with Crippen LogP contribution in [0.2, 0.25) is 0 Å². The van der Waals surface area contributed by atoms with E-state index in [2.05, 4.69) is 22.5 Å². The van der Waals surface area contributed by atoms with Crippen LogP contribution in [0.25, 0.3) is 0 Å². The quantitative estimate of drug-likeness (QED) is 0.582. The second-order valence-electron chi connectivity index (χ2n) is 3.73. The van der Waals surface area contributed by atoms with Crippen molar-refractivity contribution in [2.75, 3.05) is 13.7 Å². The topological polar surface area (TPSA) is 18.5 Å². The lowest BCUT2D eigenvalue weighted by molar-refractivity contribution is 0.124. The van der Waals surface area contributed by atoms with Gasteiger partial charge in [-0.15, -0.1) is 6.58 Å². The van der Waals surface area contributed by atoms with E-state index in [9.17, 15) is 0 Å². The molecule has 1 aromatic carbocycles. The largest absolute Gasteiger partial charge is 0.496 e. The predicted molar refractivity (Wildman–Crippen MR) is 69.8 cm³/mol. The van der Waals surface area contributed by atoms with E-state index in [4.69, 9.17) is 9.47 Å². The smallest absolute Gasteiger partial charge is 0.133 e. The zero-order chi connectivity index (χ0) is 12.0. The van der Waals surface area contributed by atoms with Gasteiger partial charge in [-0.2, -0.15) is 0 Å². The van der Waals surface area contributed by atoms with Crippen LogP contribution >= 0.6 is 15.9 Å². The summed E-state index contributed by atoms with van der Waals surface area (Å²) >= 11 is 3.44. The van der Waals surface area contributed by atoms with Crippen molar-refractivity contribution in [3.8, 4) is 5.75 Å². The van der Waals surface area contributed by atoms with E-state index in [1.165, 1.54) is 0 Å². The third kappa shape index (κ3) is 4.37. The van der Waals surface area contributed by atoms with Crippen molar-refractivity contribution >= 4 is 15.9 Å². The van der Waals surface area contributed by atoms with E-state index in [1.54, 1.807) is 7.11 Å². The molecule has 0 bridgehead atoms. The number of benzene rings is 1. The van der Waals surface area contributed by atoms with Gasteiger partial charge in [-0.25, -0.2) is 0 Å². The van der Waals surface area contributed by atoms with Gasteiger partial charge in [0, 0.05) is 0 Å². The lowest BCUT2D eigenvalue weighted by Crippen LogP contribution is -1.96. The summed E-state index contributed by atoms with van der Waals surface area (Å²) in [6.07, 6.45) is 0.914. The third-order valence-electron chi connectivity index (χ3n) is 2.16. The van der Waals surface area contributed by atoms with Crippen molar-refractivity contribution < 1.29 is 9.47 Å². The van der Waals surface area contributed by atoms with E-state index >= 15 is 0 Å². The third-order valence-corrected chi connectivity index (χ3v) is 2.78. The van der Waals surface area contributed by atoms with Gasteiger partial charge in [-0.3, -0.25) is 0 Å². The fourth-order valence-electron chi connectivity index (χ4n) is 1.24. The van der Waals surface area contributed by atoms with Gasteiger partial charge in [-0.05, 0) is 47.0 Å². The first-order valence-corrected chi connectivity index (χ1v) is 5.97. The Morgan fingerprint density at radius 3 is 2.75 bits per heavy atom. The van der Waals surface area contributed by atoms with Crippen molar-refractivity contribution in [2.45, 2.75) is 20.0 Å². The Kier molecular flexibility index (Phi) is 5.56. The van der Waals surface area contributed by atoms with Crippen LogP contribution in [0.3, 0.4) is 0 Å². The first-order chi connectivity index (χ1) is 7.63. The monoisotopic (exact) mass is 284 g/mol. The van der Waals surface area contributed by atoms with Gasteiger partial charge < -0.3 is 9.47 Å². The summed E-state index contributed by atoms with van der Waals surface area (Å²) in [7, 11) is 1.66. The summed E-state index contributed by atoms with van der Waals surface area (Å²) in [5.41, 5.74) is 2.28. The summed E-state index contributed by atoms with van der Waals surface area (Å²) in [4.78, 5) is 0. The van der Waals surface area contributed by atoms with Crippen LogP contribution in [0, 0.1) is 0 Å². The average molecular weight is 285 g/mol. The maximum absolute atomic E-state index is 5.54. The Bertz CT molecular complexity index is 361. The molecule has 0 aliphatic rings. The summed E-state index contributed by atoms with van der Waals surface area (Å²) in [6, 6.07) is 5.95. The number of rotatable bonds is 6. The van der Waals surface area contributed by atoms with Crippen LogP contribution in [0.5, 0.6) is 5.75 Å². The molecule has 0 aliphatic carbocycles. The highest BCUT2D eigenvalue weighted by Crippen LogP contribution is 2.25. The molecular weight excluding hydrogens is 268 g/mol. The lowest BCUT2D eigenvalue weighted by Gasteiger charge is -2.07. The number of hydrogen-bond acceptors (Lipinski definition) is 2. The number of ether oxygens (including phenoxy) is 2. The molecule has 0 N–H and O–H groups in total. The first kappa shape index (κ1) is 13.3. The molecule has 3 heteroatoms. The first-order valence-electron chi connectivity index (χ1n) is 5.18. The number of methoxy groups -OCH3 is 1. The molecule has 0 heterocycles. The van der Waals surface area contributed by atoms with Gasteiger partial charge in [0.15, 0.2) is 0 Å². The molecule has 16 heavy (non-hydrogen) atoms. The number of halogens is 1. The van der Waals surface area contributed by atoms with Crippen molar-refractivity contribution in [2.24, 2.45) is 0 Å². The highest BCUT2D eigenvalue weighted by Gasteiger charge is 2.01. The molecular formula is C13H17BrO2. The molecule has 0 amide bonds. The molecule has 0 radical (unpaired) electrons. The summed E-state index contributed by atoms with van der Waals surface area (Å²) in [6.45, 7) is 7.18. The maximum atomic E-state index is 5.54. The molecule has 0 atom stereocenters.